The van der Waals surface area contributed by atoms with Crippen molar-refractivity contribution in [2.24, 2.45) is 11.8 Å². The van der Waals surface area contributed by atoms with Gasteiger partial charge in [0.2, 0.25) is 0 Å². The maximum atomic E-state index is 13.9. The van der Waals surface area contributed by atoms with Crippen LogP contribution in [-0.4, -0.2) is 45.6 Å². The summed E-state index contributed by atoms with van der Waals surface area (Å²) in [6.07, 6.45) is 14.1. The average molecular weight is 917 g/mol. The van der Waals surface area contributed by atoms with Crippen molar-refractivity contribution in [3.63, 3.8) is 0 Å². The highest BCUT2D eigenvalue weighted by molar-refractivity contribution is 5.97. The molecule has 4 aromatic carbocycles. The Kier molecular flexibility index (Phi) is 16.2. The standard InChI is InChI=1S/C58H64N2O8/c1-4-8-40-10-14-42(15-11-40)18-34-53(61)65-48-28-22-45(23-29-48)57(63)67-51-32-33-52(56-55(51)39(3)38-50(59-56)44-20-26-47(27-21-44)60-36-6-7-37-60)68-58(64)46-24-30-49(31-25-46)66-54(62)35-19-43-16-12-41(9-5-2)13-17-43/h6-7,10-17,20-21,26-27,32-33,36-38,45-46,48-49H,4-5,8-9,18-19,22-25,28-31,34-35H2,1-3H3/t45-,46-,48-,49-. The van der Waals surface area contributed by atoms with Gasteiger partial charge in [0.1, 0.15) is 23.5 Å². The van der Waals surface area contributed by atoms with E-state index in [4.69, 9.17) is 23.9 Å². The molecule has 0 atom stereocenters. The first kappa shape index (κ1) is 47.9. The van der Waals surface area contributed by atoms with E-state index in [9.17, 15) is 19.2 Å². The number of benzene rings is 4. The highest BCUT2D eigenvalue weighted by Crippen LogP contribution is 2.39. The van der Waals surface area contributed by atoms with Gasteiger partial charge in [0, 0.05) is 41.9 Å². The maximum Gasteiger partial charge on any atom is 0.314 e. The van der Waals surface area contributed by atoms with E-state index in [0.29, 0.717) is 99.4 Å². The van der Waals surface area contributed by atoms with E-state index < -0.39 is 0 Å². The smallest absolute Gasteiger partial charge is 0.314 e. The van der Waals surface area contributed by atoms with Gasteiger partial charge in [0.25, 0.3) is 0 Å². The van der Waals surface area contributed by atoms with Crippen LogP contribution in [0, 0.1) is 18.8 Å². The fraction of sp³-hybridized carbons (Fsp3) is 0.397. The van der Waals surface area contributed by atoms with E-state index in [-0.39, 0.29) is 53.7 Å². The van der Waals surface area contributed by atoms with Crippen LogP contribution in [-0.2, 0) is 54.3 Å². The normalized spacial score (nSPS) is 18.2. The minimum atomic E-state index is -0.373. The maximum absolute atomic E-state index is 13.9. The Morgan fingerprint density at radius 3 is 1.47 bits per heavy atom. The van der Waals surface area contributed by atoms with Crippen molar-refractivity contribution >= 4 is 34.8 Å². The van der Waals surface area contributed by atoms with E-state index >= 15 is 0 Å². The summed E-state index contributed by atoms with van der Waals surface area (Å²) >= 11 is 0. The molecule has 2 aromatic heterocycles. The van der Waals surface area contributed by atoms with Gasteiger partial charge < -0.3 is 23.5 Å². The molecule has 0 unspecified atom stereocenters. The first-order valence-corrected chi connectivity index (χ1v) is 24.8. The first-order valence-electron chi connectivity index (χ1n) is 24.8. The van der Waals surface area contributed by atoms with Crippen LogP contribution in [0.25, 0.3) is 27.8 Å². The molecule has 0 saturated heterocycles. The average Bonchev–Trinajstić information content (AvgIpc) is 3.90. The Balaban J connectivity index is 0.903. The fourth-order valence-electron chi connectivity index (χ4n) is 9.62. The summed E-state index contributed by atoms with van der Waals surface area (Å²) in [5.74, 6) is -1.26. The zero-order valence-corrected chi connectivity index (χ0v) is 39.8. The summed E-state index contributed by atoms with van der Waals surface area (Å²) in [6.45, 7) is 6.27. The van der Waals surface area contributed by atoms with Crippen molar-refractivity contribution in [3.05, 3.63) is 143 Å². The largest absolute Gasteiger partial charge is 0.462 e. The number of nitrogens with zero attached hydrogens (tertiary/aromatic N) is 2. The highest BCUT2D eigenvalue weighted by atomic mass is 16.6. The predicted molar refractivity (Wildman–Crippen MR) is 264 cm³/mol. The van der Waals surface area contributed by atoms with Crippen molar-refractivity contribution in [2.45, 2.75) is 136 Å². The van der Waals surface area contributed by atoms with Gasteiger partial charge >= 0.3 is 23.9 Å². The number of rotatable bonds is 18. The lowest BCUT2D eigenvalue weighted by Crippen LogP contribution is -2.30. The van der Waals surface area contributed by atoms with Crippen LogP contribution in [0.2, 0.25) is 0 Å². The molecule has 0 bridgehead atoms. The minimum Gasteiger partial charge on any atom is -0.462 e. The molecule has 10 heteroatoms. The number of aromatic nitrogens is 2. The van der Waals surface area contributed by atoms with E-state index in [1.807, 2.05) is 66.3 Å². The van der Waals surface area contributed by atoms with Crippen molar-refractivity contribution in [3.8, 4) is 28.4 Å². The van der Waals surface area contributed by atoms with Gasteiger partial charge in [-0.3, -0.25) is 19.2 Å². The Labute approximate surface area is 400 Å². The van der Waals surface area contributed by atoms with Crippen LogP contribution in [0.5, 0.6) is 11.5 Å². The minimum absolute atomic E-state index is 0.218. The van der Waals surface area contributed by atoms with Gasteiger partial charge in [0.05, 0.1) is 17.5 Å². The number of aryl methyl sites for hydroxylation is 5. The molecule has 2 aliphatic carbocycles. The Morgan fingerprint density at radius 1 is 0.559 bits per heavy atom. The Morgan fingerprint density at radius 2 is 1.00 bits per heavy atom. The monoisotopic (exact) mass is 916 g/mol. The molecule has 2 heterocycles. The molecular weight excluding hydrogens is 853 g/mol. The van der Waals surface area contributed by atoms with Gasteiger partial charge in [-0.25, -0.2) is 4.98 Å². The molecule has 0 spiro atoms. The van der Waals surface area contributed by atoms with Crippen LogP contribution in [0.1, 0.15) is 119 Å². The molecule has 0 amide bonds. The molecule has 0 radical (unpaired) electrons. The van der Waals surface area contributed by atoms with E-state index in [1.165, 1.54) is 11.1 Å². The second kappa shape index (κ2) is 23.0. The van der Waals surface area contributed by atoms with E-state index in [0.717, 1.165) is 53.6 Å². The molecule has 8 rings (SSSR count). The number of carbonyl (C=O) groups excluding carboxylic acids is 4. The number of pyridine rings is 1. The topological polar surface area (TPSA) is 123 Å². The number of esters is 4. The molecule has 0 N–H and O–H groups in total. The van der Waals surface area contributed by atoms with Crippen molar-refractivity contribution in [1.29, 1.82) is 0 Å². The van der Waals surface area contributed by atoms with Gasteiger partial charge in [-0.05, 0) is 154 Å². The number of ether oxygens (including phenoxy) is 4. The van der Waals surface area contributed by atoms with Crippen LogP contribution >= 0.6 is 0 Å². The molecule has 2 saturated carbocycles. The third-order valence-electron chi connectivity index (χ3n) is 13.5. The first-order chi connectivity index (χ1) is 33.1. The summed E-state index contributed by atoms with van der Waals surface area (Å²) < 4.78 is 26.1. The molecule has 10 nitrogen and oxygen atoms in total. The van der Waals surface area contributed by atoms with Crippen molar-refractivity contribution in [1.82, 2.24) is 9.55 Å². The third-order valence-corrected chi connectivity index (χ3v) is 13.5. The lowest BCUT2D eigenvalue weighted by atomic mass is 9.87. The number of hydrogen-bond acceptors (Lipinski definition) is 9. The predicted octanol–water partition coefficient (Wildman–Crippen LogP) is 12.2. The van der Waals surface area contributed by atoms with Crippen molar-refractivity contribution < 1.29 is 38.1 Å². The van der Waals surface area contributed by atoms with Crippen LogP contribution in [0.3, 0.4) is 0 Å². The summed E-state index contributed by atoms with van der Waals surface area (Å²) in [7, 11) is 0. The summed E-state index contributed by atoms with van der Waals surface area (Å²) in [5, 5.41) is 0.589. The Bertz CT molecular complexity index is 2640. The number of carbonyl (C=O) groups is 4. The van der Waals surface area contributed by atoms with Gasteiger partial charge in [-0.2, -0.15) is 0 Å². The van der Waals surface area contributed by atoms with E-state index in [2.05, 4.69) is 62.4 Å². The molecule has 68 heavy (non-hydrogen) atoms. The third kappa shape index (κ3) is 12.5. The van der Waals surface area contributed by atoms with Crippen LogP contribution in [0.4, 0.5) is 0 Å². The highest BCUT2D eigenvalue weighted by Gasteiger charge is 2.32. The number of hydrogen-bond donors (Lipinski definition) is 0. The summed E-state index contributed by atoms with van der Waals surface area (Å²) in [4.78, 5) is 58.4. The summed E-state index contributed by atoms with van der Waals surface area (Å²) in [5.41, 5.74) is 8.63. The van der Waals surface area contributed by atoms with Crippen molar-refractivity contribution in [2.75, 3.05) is 0 Å². The van der Waals surface area contributed by atoms with E-state index in [1.54, 1.807) is 12.1 Å². The van der Waals surface area contributed by atoms with Gasteiger partial charge in [-0.1, -0.05) is 87.4 Å². The quantitative estimate of drug-likeness (QED) is 0.0612. The Hall–Kier alpha value is -6.55. The zero-order valence-electron chi connectivity index (χ0n) is 39.8. The van der Waals surface area contributed by atoms with Gasteiger partial charge in [0.15, 0.2) is 5.75 Å². The van der Waals surface area contributed by atoms with Crippen LogP contribution < -0.4 is 9.47 Å². The summed E-state index contributed by atoms with van der Waals surface area (Å²) in [6, 6.07) is 34.2. The molecule has 354 valence electrons. The lowest BCUT2D eigenvalue weighted by Gasteiger charge is -2.27. The van der Waals surface area contributed by atoms with Crippen LogP contribution in [0.15, 0.2) is 116 Å². The second-order valence-electron chi connectivity index (χ2n) is 18.6. The van der Waals surface area contributed by atoms with Gasteiger partial charge in [-0.15, -0.1) is 0 Å². The molecule has 0 aliphatic heterocycles. The second-order valence-corrected chi connectivity index (χ2v) is 18.6. The molecule has 6 aromatic rings. The molecule has 2 aliphatic rings. The lowest BCUT2D eigenvalue weighted by molar-refractivity contribution is -0.153. The molecular formula is C58H64N2O8. The zero-order chi connectivity index (χ0) is 47.4. The molecule has 2 fully saturated rings. The fourth-order valence-corrected chi connectivity index (χ4v) is 9.62. The SMILES string of the molecule is CCCc1ccc(CCC(=O)O[C@H]2CC[C@H](C(=O)Oc3ccc(OC(=O)[C@H]4CC[C@H](OC(=O)CCc5ccc(CCC)cc5)CC4)c4c(C)cc(-c5ccc(-n6cccc6)cc5)nc34)CC2)cc1. The number of fused-ring (bicyclic) bond motifs is 1.